The minimum atomic E-state index is 0.433. The van der Waals surface area contributed by atoms with E-state index < -0.39 is 0 Å². The van der Waals surface area contributed by atoms with Crippen molar-refractivity contribution in [2.45, 2.75) is 6.42 Å². The maximum Gasteiger partial charge on any atom is 0.218 e. The van der Waals surface area contributed by atoms with Crippen LogP contribution in [0.25, 0.3) is 0 Å². The zero-order valence-corrected chi connectivity index (χ0v) is 8.60. The molecule has 0 aliphatic carbocycles. The normalized spacial score (nSPS) is 10.5. The first-order valence-corrected chi connectivity index (χ1v) is 4.53. The fraction of sp³-hybridized carbons (Fsp3) is 0.556. The lowest BCUT2D eigenvalue weighted by Gasteiger charge is -2.09. The van der Waals surface area contributed by atoms with Gasteiger partial charge in [0, 0.05) is 12.6 Å². The smallest absolute Gasteiger partial charge is 0.218 e. The average molecular weight is 196 g/mol. The van der Waals surface area contributed by atoms with Gasteiger partial charge in [0.15, 0.2) is 0 Å². The Hall–Kier alpha value is -1.36. The third kappa shape index (κ3) is 4.04. The summed E-state index contributed by atoms with van der Waals surface area (Å²) in [6.07, 6.45) is 2.37. The summed E-state index contributed by atoms with van der Waals surface area (Å²) >= 11 is 0. The van der Waals surface area contributed by atoms with Gasteiger partial charge in [-0.3, -0.25) is 0 Å². The second-order valence-electron chi connectivity index (χ2n) is 3.29. The third-order valence-corrected chi connectivity index (χ3v) is 1.66. The molecular weight excluding hydrogens is 180 g/mol. The fourth-order valence-corrected chi connectivity index (χ4v) is 0.990. The van der Waals surface area contributed by atoms with Gasteiger partial charge < -0.3 is 15.4 Å². The minimum absolute atomic E-state index is 0.433. The highest BCUT2D eigenvalue weighted by molar-refractivity contribution is 5.30. The first-order valence-electron chi connectivity index (χ1n) is 4.53. The van der Waals surface area contributed by atoms with Gasteiger partial charge in [0.05, 0.1) is 6.61 Å². The summed E-state index contributed by atoms with van der Waals surface area (Å²) in [6, 6.07) is 1.62. The van der Waals surface area contributed by atoms with Crippen molar-refractivity contribution in [1.82, 2.24) is 14.9 Å². The highest BCUT2D eigenvalue weighted by atomic mass is 16.5. The van der Waals surface area contributed by atoms with Crippen molar-refractivity contribution >= 4 is 5.82 Å². The van der Waals surface area contributed by atoms with E-state index in [2.05, 4.69) is 14.9 Å². The number of nitrogens with zero attached hydrogens (tertiary/aromatic N) is 3. The summed E-state index contributed by atoms with van der Waals surface area (Å²) in [5, 5.41) is 0. The SMILES string of the molecule is CN(C)CCCOc1cc(N)ncn1. The molecule has 5 nitrogen and oxygen atoms in total. The van der Waals surface area contributed by atoms with E-state index >= 15 is 0 Å². The molecule has 1 heterocycles. The molecule has 14 heavy (non-hydrogen) atoms. The zero-order chi connectivity index (χ0) is 10.4. The molecule has 1 aromatic heterocycles. The fourth-order valence-electron chi connectivity index (χ4n) is 0.990. The summed E-state index contributed by atoms with van der Waals surface area (Å²) in [6.45, 7) is 1.65. The predicted octanol–water partition coefficient (Wildman–Crippen LogP) is 0.389. The summed E-state index contributed by atoms with van der Waals surface area (Å²) in [5.74, 6) is 0.971. The minimum Gasteiger partial charge on any atom is -0.477 e. The van der Waals surface area contributed by atoms with Gasteiger partial charge in [-0.2, -0.15) is 0 Å². The third-order valence-electron chi connectivity index (χ3n) is 1.66. The summed E-state index contributed by atoms with van der Waals surface area (Å²) in [4.78, 5) is 9.81. The molecule has 2 N–H and O–H groups in total. The largest absolute Gasteiger partial charge is 0.477 e. The number of nitrogens with two attached hydrogens (primary N) is 1. The lowest BCUT2D eigenvalue weighted by atomic mass is 10.4. The molecule has 0 spiro atoms. The summed E-state index contributed by atoms with van der Waals surface area (Å²) < 4.78 is 5.38. The molecule has 0 aliphatic heterocycles. The van der Waals surface area contributed by atoms with Crippen LogP contribution in [0.1, 0.15) is 6.42 Å². The van der Waals surface area contributed by atoms with Gasteiger partial charge in [0.1, 0.15) is 12.1 Å². The van der Waals surface area contributed by atoms with Crippen molar-refractivity contribution in [3.05, 3.63) is 12.4 Å². The Balaban J connectivity index is 2.25. The van der Waals surface area contributed by atoms with Crippen LogP contribution < -0.4 is 10.5 Å². The molecule has 5 heteroatoms. The van der Waals surface area contributed by atoms with Crippen molar-refractivity contribution in [2.75, 3.05) is 33.0 Å². The molecule has 0 aliphatic rings. The van der Waals surface area contributed by atoms with Crippen LogP contribution in [0.5, 0.6) is 5.88 Å². The Morgan fingerprint density at radius 2 is 2.21 bits per heavy atom. The topological polar surface area (TPSA) is 64.3 Å². The standard InChI is InChI=1S/C9H16N4O/c1-13(2)4-3-5-14-9-6-8(10)11-7-12-9/h6-7H,3-5H2,1-2H3,(H2,10,11,12). The van der Waals surface area contributed by atoms with Gasteiger partial charge in [-0.15, -0.1) is 0 Å². The lowest BCUT2D eigenvalue weighted by Crippen LogP contribution is -2.15. The van der Waals surface area contributed by atoms with Crippen molar-refractivity contribution in [3.63, 3.8) is 0 Å². The molecule has 1 rings (SSSR count). The second-order valence-corrected chi connectivity index (χ2v) is 3.29. The van der Waals surface area contributed by atoms with Gasteiger partial charge in [-0.25, -0.2) is 9.97 Å². The maximum absolute atomic E-state index is 5.47. The van der Waals surface area contributed by atoms with E-state index in [1.165, 1.54) is 6.33 Å². The zero-order valence-electron chi connectivity index (χ0n) is 8.60. The molecule has 0 unspecified atom stereocenters. The maximum atomic E-state index is 5.47. The van der Waals surface area contributed by atoms with Crippen LogP contribution in [-0.2, 0) is 0 Å². The molecule has 78 valence electrons. The molecule has 0 aromatic carbocycles. The van der Waals surface area contributed by atoms with Gasteiger partial charge in [0.25, 0.3) is 0 Å². The Labute approximate surface area is 83.9 Å². The quantitative estimate of drug-likeness (QED) is 0.690. The Morgan fingerprint density at radius 1 is 1.43 bits per heavy atom. The summed E-state index contributed by atoms with van der Waals surface area (Å²) in [5.41, 5.74) is 5.47. The van der Waals surface area contributed by atoms with Crippen LogP contribution in [0.15, 0.2) is 12.4 Å². The highest BCUT2D eigenvalue weighted by Crippen LogP contribution is 2.07. The van der Waals surface area contributed by atoms with Crippen LogP contribution in [0.2, 0.25) is 0 Å². The number of aromatic nitrogens is 2. The molecule has 0 bridgehead atoms. The molecule has 0 atom stereocenters. The number of ether oxygens (including phenoxy) is 1. The van der Waals surface area contributed by atoms with E-state index in [0.717, 1.165) is 13.0 Å². The van der Waals surface area contributed by atoms with Crippen LogP contribution in [0.3, 0.4) is 0 Å². The van der Waals surface area contributed by atoms with Gasteiger partial charge in [0.2, 0.25) is 5.88 Å². The monoisotopic (exact) mass is 196 g/mol. The number of hydrogen-bond donors (Lipinski definition) is 1. The van der Waals surface area contributed by atoms with Crippen molar-refractivity contribution in [2.24, 2.45) is 0 Å². The summed E-state index contributed by atoms with van der Waals surface area (Å²) in [7, 11) is 4.06. The number of hydrogen-bond acceptors (Lipinski definition) is 5. The molecule has 0 amide bonds. The molecule has 0 saturated heterocycles. The van der Waals surface area contributed by atoms with E-state index in [-0.39, 0.29) is 0 Å². The molecule has 0 radical (unpaired) electrons. The number of rotatable bonds is 5. The predicted molar refractivity (Wildman–Crippen MR) is 55.1 cm³/mol. The van der Waals surface area contributed by atoms with Crippen molar-refractivity contribution in [3.8, 4) is 5.88 Å². The molecule has 1 aromatic rings. The first-order chi connectivity index (χ1) is 6.68. The highest BCUT2D eigenvalue weighted by Gasteiger charge is 1.96. The number of anilines is 1. The first kappa shape index (κ1) is 10.7. The van der Waals surface area contributed by atoms with Crippen molar-refractivity contribution < 1.29 is 4.74 Å². The van der Waals surface area contributed by atoms with Crippen molar-refractivity contribution in [1.29, 1.82) is 0 Å². The van der Waals surface area contributed by atoms with E-state index in [4.69, 9.17) is 10.5 Å². The average Bonchev–Trinajstić information content (AvgIpc) is 2.12. The Kier molecular flexibility index (Phi) is 4.12. The Bertz CT molecular complexity index is 277. The van der Waals surface area contributed by atoms with Crippen LogP contribution in [0.4, 0.5) is 5.82 Å². The van der Waals surface area contributed by atoms with E-state index in [1.807, 2.05) is 14.1 Å². The number of nitrogen functional groups attached to an aromatic ring is 1. The van der Waals surface area contributed by atoms with Gasteiger partial charge >= 0.3 is 0 Å². The van der Waals surface area contributed by atoms with Crippen LogP contribution in [-0.4, -0.2) is 42.1 Å². The Morgan fingerprint density at radius 3 is 2.86 bits per heavy atom. The van der Waals surface area contributed by atoms with Crippen LogP contribution >= 0.6 is 0 Å². The molecule has 0 fully saturated rings. The molecule has 0 saturated carbocycles. The van der Waals surface area contributed by atoms with E-state index in [9.17, 15) is 0 Å². The van der Waals surface area contributed by atoms with Gasteiger partial charge in [-0.1, -0.05) is 0 Å². The van der Waals surface area contributed by atoms with E-state index in [1.54, 1.807) is 6.07 Å². The van der Waals surface area contributed by atoms with Crippen LogP contribution in [0, 0.1) is 0 Å². The second kappa shape index (κ2) is 5.39. The lowest BCUT2D eigenvalue weighted by molar-refractivity contribution is 0.273. The van der Waals surface area contributed by atoms with Gasteiger partial charge in [-0.05, 0) is 20.5 Å². The van der Waals surface area contributed by atoms with E-state index in [0.29, 0.717) is 18.3 Å². The molecular formula is C9H16N4O.